The summed E-state index contributed by atoms with van der Waals surface area (Å²) in [6.45, 7) is 18.7. The van der Waals surface area contributed by atoms with Crippen molar-refractivity contribution in [2.45, 2.75) is 195 Å². The van der Waals surface area contributed by atoms with Crippen LogP contribution in [0, 0.1) is 34.0 Å². The molecule has 4 aromatic carbocycles. The van der Waals surface area contributed by atoms with Gasteiger partial charge in [-0.15, -0.1) is 12.4 Å². The van der Waals surface area contributed by atoms with Gasteiger partial charge < -0.3 is 89.2 Å². The normalized spacial score (nSPS) is 14.1. The fourth-order valence-corrected chi connectivity index (χ4v) is 12.4. The maximum absolute atomic E-state index is 14.2. The van der Waals surface area contributed by atoms with Crippen LogP contribution in [-0.4, -0.2) is 185 Å². The molecule has 32 heteroatoms. The molecule has 2 saturated carbocycles. The SMILES string of the molecule is C=Cc1cc(C(=O)Cc2ccc(C(=N)CC(=O)OCCCCCC)cc2)c(-c2ccc(C(=O)NCC3CC3)nc2C(=O)OC(C)OC(=O)OCC(O)CO)cc1CO.C=Cc1cc(C(=O)Cc2ccc(C(=N)CC(=O)OCCCCCC)cc2)c(-c2ccc(C(=O)NCC3CC3)nc2C(=O)OC(C)OC(=O)OCC2COC(C)(C)O2)cc1CO.CC#N.Cl. The minimum absolute atomic E-state index is 0. The fraction of sp³-hybridized carbons (Fsp3) is 0.440. The second-order valence-electron chi connectivity index (χ2n) is 29.7. The third kappa shape index (κ3) is 32.5. The van der Waals surface area contributed by atoms with E-state index in [0.717, 1.165) is 77.0 Å². The van der Waals surface area contributed by atoms with Crippen molar-refractivity contribution in [3.05, 3.63) is 189 Å². The summed E-state index contributed by atoms with van der Waals surface area (Å²) in [7, 11) is 0. The molecule has 31 nitrogen and oxygen atoms in total. The molecule has 4 unspecified atom stereocenters. The number of hydrogen-bond acceptors (Lipinski definition) is 29. The van der Waals surface area contributed by atoms with E-state index in [1.807, 2.05) is 0 Å². The van der Waals surface area contributed by atoms with Gasteiger partial charge in [-0.05, 0) is 168 Å². The number of ether oxygens (including phenoxy) is 10. The summed E-state index contributed by atoms with van der Waals surface area (Å²) in [5.41, 5.74) is 3.93. The minimum Gasteiger partial charge on any atom is -0.465 e. The highest BCUT2D eigenvalue weighted by atomic mass is 35.5. The van der Waals surface area contributed by atoms with E-state index in [0.29, 0.717) is 82.6 Å². The molecule has 2 amide bonds. The lowest BCUT2D eigenvalue weighted by Gasteiger charge is -2.19. The summed E-state index contributed by atoms with van der Waals surface area (Å²) >= 11 is 0. The zero-order chi connectivity index (χ0) is 89.0. The van der Waals surface area contributed by atoms with Crippen molar-refractivity contribution in [2.24, 2.45) is 11.8 Å². The number of carbonyl (C=O) groups is 10. The molecule has 9 rings (SSSR count). The molecule has 0 radical (unpaired) electrons. The van der Waals surface area contributed by atoms with Crippen molar-refractivity contribution >= 4 is 95.6 Å². The number of Topliss-reactive ketones (excluding diaryl/α,β-unsaturated/α-hetero) is 2. The first-order valence-corrected chi connectivity index (χ1v) is 40.6. The average Bonchev–Trinajstić information content (AvgIpc) is 1.72. The number of aromatic nitrogens is 2. The van der Waals surface area contributed by atoms with Crippen LogP contribution < -0.4 is 10.6 Å². The number of halogens is 1. The van der Waals surface area contributed by atoms with Gasteiger partial charge >= 0.3 is 36.2 Å². The van der Waals surface area contributed by atoms with Gasteiger partial charge in [-0.25, -0.2) is 29.1 Å². The number of ketones is 2. The first kappa shape index (κ1) is 100. The number of amides is 2. The number of nitriles is 1. The van der Waals surface area contributed by atoms with Crippen molar-refractivity contribution in [3.8, 4) is 28.3 Å². The number of hydrogen-bond donors (Lipinski definition) is 8. The van der Waals surface area contributed by atoms with Crippen LogP contribution >= 0.6 is 12.4 Å². The summed E-state index contributed by atoms with van der Waals surface area (Å²) in [5.74, 6) is -5.10. The van der Waals surface area contributed by atoms with Crippen LogP contribution in [0.3, 0.4) is 0 Å². The summed E-state index contributed by atoms with van der Waals surface area (Å²) in [4.78, 5) is 140. The van der Waals surface area contributed by atoms with Crippen LogP contribution in [0.4, 0.5) is 9.59 Å². The molecule has 2 aromatic heterocycles. The van der Waals surface area contributed by atoms with Crippen LogP contribution in [0.25, 0.3) is 34.4 Å². The van der Waals surface area contributed by atoms with Gasteiger partial charge in [0.25, 0.3) is 11.8 Å². The third-order valence-corrected chi connectivity index (χ3v) is 19.3. The van der Waals surface area contributed by atoms with Gasteiger partial charge in [0.15, 0.2) is 28.7 Å². The number of pyridine rings is 2. The minimum atomic E-state index is -1.55. The Morgan fingerprint density at radius 1 is 0.585 bits per heavy atom. The van der Waals surface area contributed by atoms with Gasteiger partial charge in [0.05, 0.1) is 58.6 Å². The Kier molecular flexibility index (Phi) is 41.2. The van der Waals surface area contributed by atoms with E-state index in [-0.39, 0.29) is 119 Å². The first-order chi connectivity index (χ1) is 58.5. The van der Waals surface area contributed by atoms with E-state index >= 15 is 0 Å². The lowest BCUT2D eigenvalue weighted by molar-refractivity contribution is -0.145. The van der Waals surface area contributed by atoms with E-state index in [9.17, 15) is 63.3 Å². The molecule has 1 aliphatic heterocycles. The second-order valence-corrected chi connectivity index (χ2v) is 29.7. The number of aliphatic hydroxyl groups excluding tert-OH is 4. The molecule has 1 saturated heterocycles. The predicted molar refractivity (Wildman–Crippen MR) is 455 cm³/mol. The smallest absolute Gasteiger partial charge is 0.465 e. The predicted octanol–water partition coefficient (Wildman–Crippen LogP) is 13.4. The number of rotatable bonds is 45. The molecule has 3 aliphatic rings. The molecular formula is C91H110ClN7O24. The molecule has 8 N–H and O–H groups in total. The topological polar surface area (TPSA) is 465 Å². The van der Waals surface area contributed by atoms with Crippen LogP contribution in [-0.2, 0) is 83.0 Å². The standard InChI is InChI=1S/C46H55N3O12.C43H51N3O12.C2H3N.ClH/c1-6-8-9-10-19-56-41(52)23-38(47)32-15-13-29(14-16-32)20-40(51)37-21-31(7-2)33(25-50)22-36(37)35-17-18-39(43(53)48-24-30-11-12-30)49-42(35)44(54)59-28(3)60-45(55)57-26-34-27-58-46(4,5)61-34;1-4-6-7-8-17-55-39(51)21-36(44)30-13-11-27(12-14-30)18-38(50)35-19-29(5-2)31(23-47)20-34(35)33-15-16-37(41(52)45-22-28-9-10-28)46-40(33)42(53)57-26(3)58-43(54)56-25-32(49)24-48;1-2-3;/h7,13-18,21-22,28,30,34,47,50H,2,6,8-12,19-20,23-27H2,1,3-5H3,(H,48,53);5,11-16,19-20,26,28,32,44,47-49H,2,4,6-10,17-18,21-25H2,1,3H3,(H,45,52);1H3;1H. The van der Waals surface area contributed by atoms with Gasteiger partial charge in [0.2, 0.25) is 12.6 Å². The molecule has 6 aromatic rings. The Morgan fingerprint density at radius 2 is 0.992 bits per heavy atom. The molecule has 660 valence electrons. The monoisotopic (exact) mass is 1720 g/mol. The highest BCUT2D eigenvalue weighted by Gasteiger charge is 2.35. The van der Waals surface area contributed by atoms with E-state index in [4.69, 9.17) is 68.6 Å². The average molecular weight is 1720 g/mol. The van der Waals surface area contributed by atoms with Crippen LogP contribution in [0.1, 0.15) is 246 Å². The Hall–Kier alpha value is -11.8. The molecule has 3 heterocycles. The molecule has 123 heavy (non-hydrogen) atoms. The first-order valence-electron chi connectivity index (χ1n) is 40.6. The third-order valence-electron chi connectivity index (χ3n) is 19.3. The van der Waals surface area contributed by atoms with Crippen molar-refractivity contribution in [2.75, 3.05) is 52.7 Å². The quantitative estimate of drug-likeness (QED) is 0.00439. The second kappa shape index (κ2) is 50.6. The molecule has 4 atom stereocenters. The number of unbranched alkanes of at least 4 members (excludes halogenated alkanes) is 6. The van der Waals surface area contributed by atoms with Gasteiger partial charge in [-0.3, -0.25) is 28.8 Å². The summed E-state index contributed by atoms with van der Waals surface area (Å²) in [6, 6.07) is 26.9. The summed E-state index contributed by atoms with van der Waals surface area (Å²) < 4.78 is 52.5. The van der Waals surface area contributed by atoms with Gasteiger partial charge in [0.1, 0.15) is 36.8 Å². The molecular weight excluding hydrogens is 1610 g/mol. The van der Waals surface area contributed by atoms with Gasteiger partial charge in [0, 0.05) is 80.4 Å². The molecule has 0 spiro atoms. The Balaban J connectivity index is 0.000000366. The lowest BCUT2D eigenvalue weighted by Crippen LogP contribution is -2.29. The summed E-state index contributed by atoms with van der Waals surface area (Å²) in [5, 5.41) is 68.8. The van der Waals surface area contributed by atoms with Crippen LogP contribution in [0.5, 0.6) is 0 Å². The van der Waals surface area contributed by atoms with E-state index in [1.165, 1.54) is 69.3 Å². The maximum Gasteiger partial charge on any atom is 0.511 e. The van der Waals surface area contributed by atoms with E-state index < -0.39 is 116 Å². The number of benzene rings is 4. The van der Waals surface area contributed by atoms with Gasteiger partial charge in [-0.1, -0.05) is 126 Å². The maximum atomic E-state index is 14.2. The summed E-state index contributed by atoms with van der Waals surface area (Å²) in [6.07, 6.45) is 6.77. The number of nitrogens with one attached hydrogen (secondary N) is 4. The number of esters is 4. The van der Waals surface area contributed by atoms with E-state index in [1.54, 1.807) is 80.6 Å². The van der Waals surface area contributed by atoms with Crippen molar-refractivity contribution < 1.29 is 116 Å². The Bertz CT molecular complexity index is 4750. The number of carbonyl (C=O) groups excluding carboxylic acids is 10. The van der Waals surface area contributed by atoms with Crippen molar-refractivity contribution in [1.29, 1.82) is 16.1 Å². The van der Waals surface area contributed by atoms with Crippen molar-refractivity contribution in [1.82, 2.24) is 20.6 Å². The lowest BCUT2D eigenvalue weighted by atomic mass is 9.89. The Labute approximate surface area is 721 Å². The molecule has 0 bridgehead atoms. The van der Waals surface area contributed by atoms with Crippen LogP contribution in [0.15, 0.2) is 110 Å². The highest BCUT2D eigenvalue weighted by molar-refractivity contribution is 6.11. The zero-order valence-electron chi connectivity index (χ0n) is 70.4. The van der Waals surface area contributed by atoms with E-state index in [2.05, 4.69) is 47.6 Å². The van der Waals surface area contributed by atoms with Gasteiger partial charge in [-0.2, -0.15) is 5.26 Å². The molecule has 2 aliphatic carbocycles. The molecule has 3 fully saturated rings. The number of nitrogens with zero attached hydrogens (tertiary/aromatic N) is 3. The largest absolute Gasteiger partial charge is 0.511 e. The number of aliphatic hydroxyl groups is 4. The van der Waals surface area contributed by atoms with Crippen molar-refractivity contribution in [3.63, 3.8) is 0 Å². The van der Waals surface area contributed by atoms with Crippen LogP contribution in [0.2, 0.25) is 0 Å². The fourth-order valence-electron chi connectivity index (χ4n) is 12.4. The highest BCUT2D eigenvalue weighted by Crippen LogP contribution is 2.36. The Morgan fingerprint density at radius 3 is 1.35 bits per heavy atom. The zero-order valence-corrected chi connectivity index (χ0v) is 71.2.